The second-order valence-corrected chi connectivity index (χ2v) is 6.53. The molecule has 0 aliphatic carbocycles. The molecule has 0 bridgehead atoms. The molecule has 0 saturated carbocycles. The van der Waals surface area contributed by atoms with Gasteiger partial charge in [0.2, 0.25) is 0 Å². The van der Waals surface area contributed by atoms with E-state index in [1.807, 2.05) is 0 Å². The lowest BCUT2D eigenvalue weighted by Gasteiger charge is -2.11. The van der Waals surface area contributed by atoms with Gasteiger partial charge in [-0.1, -0.05) is 23.2 Å². The maximum absolute atomic E-state index is 12.2. The van der Waals surface area contributed by atoms with E-state index in [1.54, 1.807) is 13.0 Å². The molecule has 0 amide bonds. The highest BCUT2D eigenvalue weighted by atomic mass is 35.5. The minimum atomic E-state index is -3.87. The number of benzene rings is 2. The molecule has 0 aliphatic heterocycles. The van der Waals surface area contributed by atoms with Crippen molar-refractivity contribution < 1.29 is 18.3 Å². The van der Waals surface area contributed by atoms with E-state index in [-0.39, 0.29) is 16.1 Å². The number of hydrogen-bond acceptors (Lipinski definition) is 3. The summed E-state index contributed by atoms with van der Waals surface area (Å²) in [6, 6.07) is 10.0. The van der Waals surface area contributed by atoms with Crippen LogP contribution in [-0.2, 0) is 10.0 Å². The number of aryl methyl sites for hydroxylation is 1. The predicted octanol–water partition coefficient (Wildman–Crippen LogP) is 3.15. The highest BCUT2D eigenvalue weighted by Crippen LogP contribution is 2.22. The molecule has 21 heavy (non-hydrogen) atoms. The summed E-state index contributed by atoms with van der Waals surface area (Å²) in [6.07, 6.45) is 0. The number of carbonyl (C=O) groups is 1. The zero-order valence-corrected chi connectivity index (χ0v) is 12.6. The quantitative estimate of drug-likeness (QED) is 0.904. The van der Waals surface area contributed by atoms with E-state index < -0.39 is 16.0 Å². The fraction of sp³-hybridized carbons (Fsp3) is 0.0714. The topological polar surface area (TPSA) is 83.5 Å². The Kier molecular flexibility index (Phi) is 4.20. The van der Waals surface area contributed by atoms with Crippen LogP contribution in [0.15, 0.2) is 47.4 Å². The van der Waals surface area contributed by atoms with Crippen molar-refractivity contribution in [3.63, 3.8) is 0 Å². The monoisotopic (exact) mass is 325 g/mol. The zero-order valence-electron chi connectivity index (χ0n) is 11.0. The average molecular weight is 326 g/mol. The van der Waals surface area contributed by atoms with Gasteiger partial charge in [0, 0.05) is 5.02 Å². The standard InChI is InChI=1S/C14H12ClNO4S/c1-9-2-7-13(12(8-9)14(17)18)16-21(19,20)11-5-3-10(15)4-6-11/h2-8,16H,1H3,(H,17,18). The van der Waals surface area contributed by atoms with Crippen molar-refractivity contribution in [1.82, 2.24) is 0 Å². The first-order chi connectivity index (χ1) is 9.79. The van der Waals surface area contributed by atoms with Gasteiger partial charge < -0.3 is 5.11 Å². The molecule has 0 unspecified atom stereocenters. The smallest absolute Gasteiger partial charge is 0.337 e. The number of carboxylic acids is 1. The predicted molar refractivity (Wildman–Crippen MR) is 80.4 cm³/mol. The summed E-state index contributed by atoms with van der Waals surface area (Å²) in [6.45, 7) is 1.73. The molecule has 7 heteroatoms. The number of aromatic carboxylic acids is 1. The zero-order chi connectivity index (χ0) is 15.6. The minimum absolute atomic E-state index is 0.00353. The molecule has 5 nitrogen and oxygen atoms in total. The van der Waals surface area contributed by atoms with Gasteiger partial charge in [0.25, 0.3) is 10.0 Å². The van der Waals surface area contributed by atoms with Gasteiger partial charge in [-0.3, -0.25) is 4.72 Å². The molecule has 2 N–H and O–H groups in total. The van der Waals surface area contributed by atoms with Crippen LogP contribution >= 0.6 is 11.6 Å². The number of carboxylic acid groups (broad SMARTS) is 1. The van der Waals surface area contributed by atoms with Crippen molar-refractivity contribution in [2.24, 2.45) is 0 Å². The van der Waals surface area contributed by atoms with E-state index in [1.165, 1.54) is 36.4 Å². The van der Waals surface area contributed by atoms with Crippen molar-refractivity contribution in [2.45, 2.75) is 11.8 Å². The molecular formula is C14H12ClNO4S. The number of nitrogens with one attached hydrogen (secondary N) is 1. The number of anilines is 1. The van der Waals surface area contributed by atoms with Gasteiger partial charge in [0.05, 0.1) is 16.1 Å². The Morgan fingerprint density at radius 1 is 1.14 bits per heavy atom. The van der Waals surface area contributed by atoms with Crippen molar-refractivity contribution in [2.75, 3.05) is 4.72 Å². The maximum Gasteiger partial charge on any atom is 0.337 e. The molecule has 0 fully saturated rings. The van der Waals surface area contributed by atoms with Crippen LogP contribution in [0.2, 0.25) is 5.02 Å². The van der Waals surface area contributed by atoms with Crippen LogP contribution in [0.1, 0.15) is 15.9 Å². The van der Waals surface area contributed by atoms with Crippen LogP contribution in [0.3, 0.4) is 0 Å². The van der Waals surface area contributed by atoms with Crippen LogP contribution in [0, 0.1) is 6.92 Å². The van der Waals surface area contributed by atoms with Gasteiger partial charge >= 0.3 is 5.97 Å². The number of rotatable bonds is 4. The molecule has 2 aromatic rings. The fourth-order valence-electron chi connectivity index (χ4n) is 1.74. The largest absolute Gasteiger partial charge is 0.478 e. The lowest BCUT2D eigenvalue weighted by atomic mass is 10.1. The third-order valence-electron chi connectivity index (χ3n) is 2.77. The minimum Gasteiger partial charge on any atom is -0.478 e. The van der Waals surface area contributed by atoms with Gasteiger partial charge in [-0.25, -0.2) is 13.2 Å². The Morgan fingerprint density at radius 3 is 2.33 bits per heavy atom. The van der Waals surface area contributed by atoms with Gasteiger partial charge in [-0.05, 0) is 43.3 Å². The first-order valence-electron chi connectivity index (χ1n) is 5.92. The van der Waals surface area contributed by atoms with Crippen LogP contribution in [0.5, 0.6) is 0 Å². The fourth-order valence-corrected chi connectivity index (χ4v) is 2.95. The molecule has 0 aromatic heterocycles. The normalized spacial score (nSPS) is 11.1. The summed E-state index contributed by atoms with van der Waals surface area (Å²) in [5.74, 6) is -1.20. The van der Waals surface area contributed by atoms with Crippen LogP contribution in [0.25, 0.3) is 0 Å². The first kappa shape index (κ1) is 15.3. The Hall–Kier alpha value is -2.05. The van der Waals surface area contributed by atoms with Crippen LogP contribution in [0.4, 0.5) is 5.69 Å². The summed E-state index contributed by atoms with van der Waals surface area (Å²) in [4.78, 5) is 11.2. The molecule has 0 atom stereocenters. The van der Waals surface area contributed by atoms with E-state index in [4.69, 9.17) is 16.7 Å². The Bertz CT molecular complexity index is 785. The summed E-state index contributed by atoms with van der Waals surface area (Å²) in [5.41, 5.74) is 0.637. The highest BCUT2D eigenvalue weighted by molar-refractivity contribution is 7.92. The molecule has 0 spiro atoms. The van der Waals surface area contributed by atoms with Crippen molar-refractivity contribution in [3.8, 4) is 0 Å². The van der Waals surface area contributed by atoms with Gasteiger partial charge in [0.15, 0.2) is 0 Å². The molecule has 110 valence electrons. The first-order valence-corrected chi connectivity index (χ1v) is 7.78. The molecule has 0 saturated heterocycles. The third-order valence-corrected chi connectivity index (χ3v) is 4.41. The maximum atomic E-state index is 12.2. The highest BCUT2D eigenvalue weighted by Gasteiger charge is 2.18. The van der Waals surface area contributed by atoms with Crippen LogP contribution < -0.4 is 4.72 Å². The summed E-state index contributed by atoms with van der Waals surface area (Å²) in [5, 5.41) is 9.55. The number of sulfonamides is 1. The molecule has 0 aliphatic rings. The van der Waals surface area contributed by atoms with Crippen LogP contribution in [-0.4, -0.2) is 19.5 Å². The Labute approximate surface area is 127 Å². The number of hydrogen-bond donors (Lipinski definition) is 2. The lowest BCUT2D eigenvalue weighted by molar-refractivity contribution is 0.0698. The summed E-state index contributed by atoms with van der Waals surface area (Å²) < 4.78 is 26.7. The second-order valence-electron chi connectivity index (χ2n) is 4.41. The van der Waals surface area contributed by atoms with Crippen molar-refractivity contribution in [3.05, 3.63) is 58.6 Å². The van der Waals surface area contributed by atoms with E-state index in [9.17, 15) is 13.2 Å². The lowest BCUT2D eigenvalue weighted by Crippen LogP contribution is -2.15. The number of halogens is 1. The van der Waals surface area contributed by atoms with Gasteiger partial charge in [-0.15, -0.1) is 0 Å². The molecule has 2 rings (SSSR count). The van der Waals surface area contributed by atoms with E-state index in [0.717, 1.165) is 5.56 Å². The molecular weight excluding hydrogens is 314 g/mol. The van der Waals surface area contributed by atoms with Crippen molar-refractivity contribution >= 4 is 33.3 Å². The van der Waals surface area contributed by atoms with Gasteiger partial charge in [0.1, 0.15) is 0 Å². The second kappa shape index (κ2) is 5.75. The van der Waals surface area contributed by atoms with E-state index in [0.29, 0.717) is 5.02 Å². The van der Waals surface area contributed by atoms with E-state index >= 15 is 0 Å². The molecule has 0 radical (unpaired) electrons. The Morgan fingerprint density at radius 2 is 1.76 bits per heavy atom. The third kappa shape index (κ3) is 3.53. The van der Waals surface area contributed by atoms with Gasteiger partial charge in [-0.2, -0.15) is 0 Å². The molecule has 0 heterocycles. The Balaban J connectivity index is 2.41. The summed E-state index contributed by atoms with van der Waals surface area (Å²) in [7, 11) is -3.87. The molecule has 2 aromatic carbocycles. The summed E-state index contributed by atoms with van der Waals surface area (Å²) >= 11 is 5.71. The van der Waals surface area contributed by atoms with Crippen molar-refractivity contribution in [1.29, 1.82) is 0 Å². The average Bonchev–Trinajstić information content (AvgIpc) is 2.41. The SMILES string of the molecule is Cc1ccc(NS(=O)(=O)c2ccc(Cl)cc2)c(C(=O)O)c1. The van der Waals surface area contributed by atoms with E-state index in [2.05, 4.69) is 4.72 Å².